The van der Waals surface area contributed by atoms with Crippen LogP contribution in [0.25, 0.3) is 0 Å². The second kappa shape index (κ2) is 8.03. The number of nitrogens with zero attached hydrogens (tertiary/aromatic N) is 2. The Morgan fingerprint density at radius 2 is 1.86 bits per heavy atom. The van der Waals surface area contributed by atoms with Gasteiger partial charge in [-0.05, 0) is 50.6 Å². The zero-order valence-electron chi connectivity index (χ0n) is 13.7. The lowest BCUT2D eigenvalue weighted by molar-refractivity contribution is -0.133. The smallest absolute Gasteiger partial charge is 0.239 e. The Balaban J connectivity index is 1.79. The minimum atomic E-state index is 0.0129. The van der Waals surface area contributed by atoms with E-state index in [0.29, 0.717) is 13.2 Å². The van der Waals surface area contributed by atoms with Crippen molar-refractivity contribution in [2.75, 3.05) is 40.4 Å². The molecule has 0 saturated carbocycles. The summed E-state index contributed by atoms with van der Waals surface area (Å²) in [5.74, 6) is 1.88. The Morgan fingerprint density at radius 1 is 1.23 bits per heavy atom. The molecular formula is C17H26N2O3. The summed E-state index contributed by atoms with van der Waals surface area (Å²) in [6.45, 7) is 4.96. The summed E-state index contributed by atoms with van der Waals surface area (Å²) in [6.07, 6.45) is 2.02. The van der Waals surface area contributed by atoms with E-state index < -0.39 is 0 Å². The highest BCUT2D eigenvalue weighted by Crippen LogP contribution is 2.20. The summed E-state index contributed by atoms with van der Waals surface area (Å²) in [4.78, 5) is 16.0. The lowest BCUT2D eigenvalue weighted by Gasteiger charge is -2.25. The molecule has 1 unspecified atom stereocenters. The third-order valence-electron chi connectivity index (χ3n) is 3.87. The van der Waals surface area contributed by atoms with Crippen LogP contribution in [0.3, 0.4) is 0 Å². The average Bonchev–Trinajstić information content (AvgIpc) is 2.97. The van der Waals surface area contributed by atoms with Crippen molar-refractivity contribution >= 4 is 5.91 Å². The summed E-state index contributed by atoms with van der Waals surface area (Å²) in [5, 5.41) is 0. The first-order chi connectivity index (χ1) is 10.6. The number of hydrogen-bond donors (Lipinski definition) is 0. The molecule has 1 amide bonds. The number of carbonyl (C=O) groups is 1. The molecule has 0 N–H and O–H groups in total. The fourth-order valence-corrected chi connectivity index (χ4v) is 2.75. The van der Waals surface area contributed by atoms with E-state index in [0.717, 1.165) is 37.4 Å². The number of likely N-dealkylation sites (tertiary alicyclic amines) is 1. The van der Waals surface area contributed by atoms with Crippen LogP contribution < -0.4 is 9.47 Å². The van der Waals surface area contributed by atoms with E-state index >= 15 is 0 Å². The van der Waals surface area contributed by atoms with E-state index in [-0.39, 0.29) is 11.9 Å². The van der Waals surface area contributed by atoms with Crippen molar-refractivity contribution in [2.24, 2.45) is 0 Å². The molecule has 2 rings (SSSR count). The van der Waals surface area contributed by atoms with E-state index in [4.69, 9.17) is 9.47 Å². The molecule has 1 atom stereocenters. The molecule has 122 valence electrons. The number of rotatable bonds is 7. The van der Waals surface area contributed by atoms with Crippen molar-refractivity contribution < 1.29 is 14.3 Å². The van der Waals surface area contributed by atoms with Crippen molar-refractivity contribution in [1.82, 2.24) is 9.80 Å². The topological polar surface area (TPSA) is 42.0 Å². The van der Waals surface area contributed by atoms with Gasteiger partial charge in [-0.25, -0.2) is 0 Å². The van der Waals surface area contributed by atoms with Gasteiger partial charge in [0.15, 0.2) is 0 Å². The number of ether oxygens (including phenoxy) is 2. The standard InChI is InChI=1S/C17H26N2O3/c1-4-21-14-7-9-15(10-8-14)22-13-12-19-11-5-6-16(19)17(20)18(2)3/h7-10,16H,4-6,11-13H2,1-3H3. The molecule has 22 heavy (non-hydrogen) atoms. The first kappa shape index (κ1) is 16.6. The fourth-order valence-electron chi connectivity index (χ4n) is 2.75. The van der Waals surface area contributed by atoms with Crippen LogP contribution in [0.15, 0.2) is 24.3 Å². The van der Waals surface area contributed by atoms with Crippen molar-refractivity contribution in [2.45, 2.75) is 25.8 Å². The Kier molecular flexibility index (Phi) is 6.07. The number of benzene rings is 1. The number of amides is 1. The zero-order chi connectivity index (χ0) is 15.9. The molecule has 1 aliphatic rings. The van der Waals surface area contributed by atoms with Crippen LogP contribution in [0.2, 0.25) is 0 Å². The van der Waals surface area contributed by atoms with Gasteiger partial charge in [-0.15, -0.1) is 0 Å². The highest BCUT2D eigenvalue weighted by molar-refractivity contribution is 5.81. The molecule has 1 heterocycles. The summed E-state index contributed by atoms with van der Waals surface area (Å²) in [7, 11) is 3.63. The molecule has 0 bridgehead atoms. The van der Waals surface area contributed by atoms with Crippen LogP contribution in [0.5, 0.6) is 11.5 Å². The van der Waals surface area contributed by atoms with Gasteiger partial charge in [0.2, 0.25) is 5.91 Å². The Bertz CT molecular complexity index is 473. The van der Waals surface area contributed by atoms with Gasteiger partial charge >= 0.3 is 0 Å². The third-order valence-corrected chi connectivity index (χ3v) is 3.87. The van der Waals surface area contributed by atoms with Crippen LogP contribution in [0, 0.1) is 0 Å². The van der Waals surface area contributed by atoms with Crippen molar-refractivity contribution in [3.05, 3.63) is 24.3 Å². The number of likely N-dealkylation sites (N-methyl/N-ethyl adjacent to an activating group) is 1. The third kappa shape index (κ3) is 4.37. The molecule has 0 aromatic heterocycles. The number of carbonyl (C=O) groups excluding carboxylic acids is 1. The van der Waals surface area contributed by atoms with E-state index in [9.17, 15) is 4.79 Å². The minimum Gasteiger partial charge on any atom is -0.494 e. The van der Waals surface area contributed by atoms with Gasteiger partial charge in [0.05, 0.1) is 12.6 Å². The van der Waals surface area contributed by atoms with E-state index in [1.54, 1.807) is 4.90 Å². The maximum absolute atomic E-state index is 12.1. The van der Waals surface area contributed by atoms with Gasteiger partial charge in [-0.3, -0.25) is 9.69 Å². The Labute approximate surface area is 132 Å². The van der Waals surface area contributed by atoms with Crippen molar-refractivity contribution in [3.63, 3.8) is 0 Å². The maximum Gasteiger partial charge on any atom is 0.239 e. The van der Waals surface area contributed by atoms with Crippen LogP contribution in [-0.4, -0.2) is 62.1 Å². The molecule has 1 aromatic carbocycles. The lowest BCUT2D eigenvalue weighted by Crippen LogP contribution is -2.44. The van der Waals surface area contributed by atoms with Crippen LogP contribution in [0.1, 0.15) is 19.8 Å². The summed E-state index contributed by atoms with van der Waals surface area (Å²) in [5.41, 5.74) is 0. The zero-order valence-corrected chi connectivity index (χ0v) is 13.7. The molecule has 1 fully saturated rings. The van der Waals surface area contributed by atoms with E-state index in [1.165, 1.54) is 0 Å². The number of hydrogen-bond acceptors (Lipinski definition) is 4. The van der Waals surface area contributed by atoms with Gasteiger partial charge in [0.25, 0.3) is 0 Å². The summed E-state index contributed by atoms with van der Waals surface area (Å²) < 4.78 is 11.2. The first-order valence-corrected chi connectivity index (χ1v) is 7.92. The average molecular weight is 306 g/mol. The van der Waals surface area contributed by atoms with Crippen LogP contribution in [-0.2, 0) is 4.79 Å². The summed E-state index contributed by atoms with van der Waals surface area (Å²) >= 11 is 0. The van der Waals surface area contributed by atoms with Gasteiger partial charge < -0.3 is 14.4 Å². The molecule has 0 spiro atoms. The molecule has 1 aliphatic heterocycles. The van der Waals surface area contributed by atoms with Gasteiger partial charge in [-0.2, -0.15) is 0 Å². The second-order valence-corrected chi connectivity index (χ2v) is 5.68. The Morgan fingerprint density at radius 3 is 2.45 bits per heavy atom. The van der Waals surface area contributed by atoms with E-state index in [2.05, 4.69) is 4.90 Å². The fraction of sp³-hybridized carbons (Fsp3) is 0.588. The monoisotopic (exact) mass is 306 g/mol. The van der Waals surface area contributed by atoms with E-state index in [1.807, 2.05) is 45.3 Å². The minimum absolute atomic E-state index is 0.0129. The second-order valence-electron chi connectivity index (χ2n) is 5.68. The van der Waals surface area contributed by atoms with Crippen LogP contribution in [0.4, 0.5) is 0 Å². The van der Waals surface area contributed by atoms with Crippen LogP contribution >= 0.6 is 0 Å². The highest BCUT2D eigenvalue weighted by atomic mass is 16.5. The SMILES string of the molecule is CCOc1ccc(OCCN2CCCC2C(=O)N(C)C)cc1. The normalized spacial score (nSPS) is 18.2. The van der Waals surface area contributed by atoms with Crippen molar-refractivity contribution in [3.8, 4) is 11.5 Å². The Hall–Kier alpha value is -1.75. The predicted octanol–water partition coefficient (Wildman–Crippen LogP) is 2.02. The maximum atomic E-state index is 12.1. The molecular weight excluding hydrogens is 280 g/mol. The predicted molar refractivity (Wildman–Crippen MR) is 86.4 cm³/mol. The molecule has 5 nitrogen and oxygen atoms in total. The van der Waals surface area contributed by atoms with Gasteiger partial charge in [0.1, 0.15) is 18.1 Å². The molecule has 1 aromatic rings. The van der Waals surface area contributed by atoms with Gasteiger partial charge in [0, 0.05) is 20.6 Å². The molecule has 1 saturated heterocycles. The molecule has 0 radical (unpaired) electrons. The quantitative estimate of drug-likeness (QED) is 0.773. The largest absolute Gasteiger partial charge is 0.494 e. The first-order valence-electron chi connectivity index (χ1n) is 7.92. The summed E-state index contributed by atoms with van der Waals surface area (Å²) in [6, 6.07) is 7.66. The van der Waals surface area contributed by atoms with Crippen molar-refractivity contribution in [1.29, 1.82) is 0 Å². The molecule has 5 heteroatoms. The lowest BCUT2D eigenvalue weighted by atomic mass is 10.2. The molecule has 0 aliphatic carbocycles. The highest BCUT2D eigenvalue weighted by Gasteiger charge is 2.31. The van der Waals surface area contributed by atoms with Gasteiger partial charge in [-0.1, -0.05) is 0 Å².